The highest BCUT2D eigenvalue weighted by Crippen LogP contribution is 2.18. The lowest BCUT2D eigenvalue weighted by molar-refractivity contribution is -0.159. The van der Waals surface area contributed by atoms with Crippen LogP contribution in [0.2, 0.25) is 0 Å². The quantitative estimate of drug-likeness (QED) is 0.0503. The van der Waals surface area contributed by atoms with Gasteiger partial charge in [-0.05, 0) is 75.5 Å². The molecule has 57 heavy (non-hydrogen) atoms. The molecular formula is C43H60N4O10. The molecular weight excluding hydrogens is 732 g/mol. The van der Waals surface area contributed by atoms with Gasteiger partial charge in [0.15, 0.2) is 0 Å². The number of hydrogen-bond donors (Lipinski definition) is 5. The number of amides is 2. The molecule has 14 nitrogen and oxygen atoms in total. The molecule has 3 rings (SSSR count). The Balaban J connectivity index is 0.000000793. The van der Waals surface area contributed by atoms with Crippen molar-refractivity contribution in [1.29, 1.82) is 0 Å². The van der Waals surface area contributed by atoms with Crippen molar-refractivity contribution in [2.75, 3.05) is 6.54 Å². The number of nitrogens with one attached hydrogen (secondary N) is 2. The fourth-order valence-corrected chi connectivity index (χ4v) is 5.26. The fraction of sp³-hybridized carbons (Fsp3) is 0.465. The third kappa shape index (κ3) is 22.0. The maximum Gasteiger partial charge on any atom is 0.408 e. The van der Waals surface area contributed by atoms with Crippen molar-refractivity contribution in [3.63, 3.8) is 0 Å². The smallest absolute Gasteiger partial charge is 0.408 e. The van der Waals surface area contributed by atoms with E-state index in [9.17, 15) is 24.0 Å². The maximum atomic E-state index is 13.1. The Morgan fingerprint density at radius 1 is 0.719 bits per heavy atom. The molecule has 3 aromatic carbocycles. The molecule has 2 amide bonds. The van der Waals surface area contributed by atoms with E-state index in [1.165, 1.54) is 0 Å². The standard InChI is InChI=1S/C34H49N3O8.C9H11NO2/c1-24(2)20-28(37-33(41)45-34(3,4)5)29(21-30(38)42-22-25-14-8-6-9-15-25)44-31(39)27(35)18-12-13-19-36-32(40)43-23-26-16-10-7-11-17-26;10-8(9(11)12)6-7-4-2-1-3-5-7/h6-11,14-17,24,27-29H,12-13,18-23,35H2,1-5H3,(H,36,40)(H,37,41);1-5,8H,6,10H2,(H,11,12)/t27-,28-,29-;8-/m00/s1. The molecule has 4 atom stereocenters. The monoisotopic (exact) mass is 792 g/mol. The van der Waals surface area contributed by atoms with Gasteiger partial charge in [0.05, 0.1) is 12.5 Å². The minimum Gasteiger partial charge on any atom is -0.480 e. The summed E-state index contributed by atoms with van der Waals surface area (Å²) in [6.07, 6.45) is -0.364. The first kappa shape index (κ1) is 47.7. The molecule has 0 aliphatic heterocycles. The van der Waals surface area contributed by atoms with E-state index in [1.807, 2.05) is 105 Å². The van der Waals surface area contributed by atoms with Gasteiger partial charge in [0, 0.05) is 6.54 Å². The Morgan fingerprint density at radius 2 is 1.25 bits per heavy atom. The van der Waals surface area contributed by atoms with Crippen molar-refractivity contribution in [1.82, 2.24) is 10.6 Å². The van der Waals surface area contributed by atoms with Gasteiger partial charge in [-0.2, -0.15) is 0 Å². The number of carbonyl (C=O) groups is 5. The largest absolute Gasteiger partial charge is 0.480 e. The van der Waals surface area contributed by atoms with Gasteiger partial charge in [-0.15, -0.1) is 0 Å². The van der Waals surface area contributed by atoms with Crippen LogP contribution in [-0.2, 0) is 53.0 Å². The molecule has 0 saturated heterocycles. The Morgan fingerprint density at radius 3 is 1.75 bits per heavy atom. The number of carbonyl (C=O) groups excluding carboxylic acids is 4. The number of rotatable bonds is 20. The predicted molar refractivity (Wildman–Crippen MR) is 216 cm³/mol. The molecule has 0 fully saturated rings. The highest BCUT2D eigenvalue weighted by Gasteiger charge is 2.33. The van der Waals surface area contributed by atoms with E-state index in [0.717, 1.165) is 16.7 Å². The van der Waals surface area contributed by atoms with Crippen molar-refractivity contribution >= 4 is 30.1 Å². The summed E-state index contributed by atoms with van der Waals surface area (Å²) in [5, 5.41) is 14.0. The van der Waals surface area contributed by atoms with Gasteiger partial charge in [-0.25, -0.2) is 9.59 Å². The summed E-state index contributed by atoms with van der Waals surface area (Å²) in [5.41, 5.74) is 13.4. The molecule has 0 heterocycles. The second kappa shape index (κ2) is 25.6. The number of aliphatic carboxylic acids is 1. The predicted octanol–water partition coefficient (Wildman–Crippen LogP) is 6.04. The zero-order valence-corrected chi connectivity index (χ0v) is 33.7. The first-order valence-corrected chi connectivity index (χ1v) is 19.1. The average Bonchev–Trinajstić information content (AvgIpc) is 3.16. The summed E-state index contributed by atoms with van der Waals surface area (Å²) in [4.78, 5) is 61.0. The topological polar surface area (TPSA) is 219 Å². The van der Waals surface area contributed by atoms with Crippen LogP contribution in [0.25, 0.3) is 0 Å². The van der Waals surface area contributed by atoms with Gasteiger partial charge in [-0.1, -0.05) is 105 Å². The zero-order valence-electron chi connectivity index (χ0n) is 33.7. The lowest BCUT2D eigenvalue weighted by Crippen LogP contribution is -2.50. The minimum absolute atomic E-state index is 0.0576. The summed E-state index contributed by atoms with van der Waals surface area (Å²) >= 11 is 0. The Labute approximate surface area is 336 Å². The van der Waals surface area contributed by atoms with Gasteiger partial charge in [0.2, 0.25) is 0 Å². The Hall–Kier alpha value is -5.47. The van der Waals surface area contributed by atoms with Crippen LogP contribution in [-0.4, -0.2) is 71.6 Å². The third-order valence-electron chi connectivity index (χ3n) is 8.10. The lowest BCUT2D eigenvalue weighted by atomic mass is 9.97. The van der Waals surface area contributed by atoms with Crippen LogP contribution in [0.4, 0.5) is 9.59 Å². The van der Waals surface area contributed by atoms with Crippen LogP contribution in [0.15, 0.2) is 91.0 Å². The maximum absolute atomic E-state index is 13.1. The van der Waals surface area contributed by atoms with Crippen LogP contribution >= 0.6 is 0 Å². The van der Waals surface area contributed by atoms with Crippen LogP contribution in [0.5, 0.6) is 0 Å². The molecule has 14 heteroatoms. The van der Waals surface area contributed by atoms with E-state index in [4.69, 9.17) is 35.5 Å². The fourth-order valence-electron chi connectivity index (χ4n) is 5.26. The van der Waals surface area contributed by atoms with E-state index in [-0.39, 0.29) is 25.6 Å². The number of hydrogen-bond acceptors (Lipinski definition) is 11. The first-order valence-electron chi connectivity index (χ1n) is 19.1. The molecule has 312 valence electrons. The second-order valence-corrected chi connectivity index (χ2v) is 14.9. The van der Waals surface area contributed by atoms with Crippen LogP contribution in [0.3, 0.4) is 0 Å². The molecule has 7 N–H and O–H groups in total. The van der Waals surface area contributed by atoms with E-state index < -0.39 is 59.9 Å². The molecule has 0 aromatic heterocycles. The van der Waals surface area contributed by atoms with Crippen molar-refractivity contribution in [3.8, 4) is 0 Å². The van der Waals surface area contributed by atoms with Gasteiger partial charge < -0.3 is 46.2 Å². The molecule has 0 bridgehead atoms. The van der Waals surface area contributed by atoms with Gasteiger partial charge in [-0.3, -0.25) is 14.4 Å². The minimum atomic E-state index is -1.04. The average molecular weight is 793 g/mol. The Kier molecular flexibility index (Phi) is 21.4. The number of nitrogens with two attached hydrogens (primary N) is 2. The van der Waals surface area contributed by atoms with Gasteiger partial charge >= 0.3 is 30.1 Å². The molecule has 0 aliphatic rings. The molecule has 0 aliphatic carbocycles. The van der Waals surface area contributed by atoms with E-state index in [0.29, 0.717) is 38.6 Å². The summed E-state index contributed by atoms with van der Waals surface area (Å²) in [7, 11) is 0. The molecule has 0 radical (unpaired) electrons. The normalized spacial score (nSPS) is 13.1. The second-order valence-electron chi connectivity index (χ2n) is 14.9. The number of carboxylic acids is 1. The SMILES string of the molecule is CC(C)C[C@H](NC(=O)OC(C)(C)C)[C@H](CC(=O)OCc1ccccc1)OC(=O)[C@@H](N)CCCCNC(=O)OCc1ccccc1.N[C@@H](Cc1ccccc1)C(=O)O. The zero-order chi connectivity index (χ0) is 42.2. The molecule has 0 saturated carbocycles. The van der Waals surface area contributed by atoms with Crippen molar-refractivity contribution in [3.05, 3.63) is 108 Å². The highest BCUT2D eigenvalue weighted by atomic mass is 16.6. The van der Waals surface area contributed by atoms with Crippen LogP contribution < -0.4 is 22.1 Å². The summed E-state index contributed by atoms with van der Waals surface area (Å²) < 4.78 is 21.8. The van der Waals surface area contributed by atoms with E-state index >= 15 is 0 Å². The number of esters is 2. The number of ether oxygens (including phenoxy) is 4. The van der Waals surface area contributed by atoms with Crippen molar-refractivity contribution in [2.45, 2.75) is 116 Å². The van der Waals surface area contributed by atoms with E-state index in [1.54, 1.807) is 20.8 Å². The van der Waals surface area contributed by atoms with Crippen molar-refractivity contribution < 1.29 is 48.0 Å². The van der Waals surface area contributed by atoms with Crippen molar-refractivity contribution in [2.24, 2.45) is 17.4 Å². The van der Waals surface area contributed by atoms with Gasteiger partial charge in [0.25, 0.3) is 0 Å². The first-order chi connectivity index (χ1) is 27.0. The third-order valence-corrected chi connectivity index (χ3v) is 8.10. The highest BCUT2D eigenvalue weighted by molar-refractivity contribution is 5.77. The van der Waals surface area contributed by atoms with Crippen LogP contribution in [0, 0.1) is 5.92 Å². The number of alkyl carbamates (subject to hydrolysis) is 2. The number of carboxylic acid groups (broad SMARTS) is 1. The molecule has 0 spiro atoms. The van der Waals surface area contributed by atoms with E-state index in [2.05, 4.69) is 10.6 Å². The van der Waals surface area contributed by atoms with Gasteiger partial charge in [0.1, 0.15) is 37.0 Å². The Bertz CT molecular complexity index is 1640. The summed E-state index contributed by atoms with van der Waals surface area (Å²) in [6.45, 7) is 9.70. The summed E-state index contributed by atoms with van der Waals surface area (Å²) in [6, 6.07) is 25.4. The molecule has 0 unspecified atom stereocenters. The summed E-state index contributed by atoms with van der Waals surface area (Å²) in [5.74, 6) is -2.16. The van der Waals surface area contributed by atoms with Crippen LogP contribution in [0.1, 0.15) is 83.4 Å². The lowest BCUT2D eigenvalue weighted by Gasteiger charge is -2.30. The number of benzene rings is 3. The molecule has 3 aromatic rings. The number of unbranched alkanes of at least 4 members (excludes halogenated alkanes) is 1.